The molecule has 0 aliphatic heterocycles. The highest BCUT2D eigenvalue weighted by atomic mass is 32.1. The minimum Gasteiger partial charge on any atom is -0.348 e. The van der Waals surface area contributed by atoms with E-state index in [0.717, 1.165) is 47.2 Å². The molecule has 8 nitrogen and oxygen atoms in total. The minimum atomic E-state index is -0.667. The second-order valence-corrected chi connectivity index (χ2v) is 12.0. The molecule has 0 saturated heterocycles. The van der Waals surface area contributed by atoms with Gasteiger partial charge in [-0.1, -0.05) is 54.6 Å². The molecular formula is C35H40N6O2S. The standard InChI is InChI=1S/C35H40N6O2S/c1-24-16-20-44-32(24)22-36-17-6-11-31(35(43)40-25(2)29-10-5-8-27-7-3-4-9-30(27)29)41-34(42)28-14-12-26(13-15-28)21-37-23-33-38-18-19-39-33/h3-5,7-10,12-16,18-20,25,31,36-37H,6,11,17,21-23H2,1-2H3,(H,38,39)(H,40,43)(H,41,42)/t25?,31-/m0/s1. The number of amides is 2. The number of carbonyl (C=O) groups is 2. The third-order valence-corrected chi connectivity index (χ3v) is 8.79. The largest absolute Gasteiger partial charge is 0.348 e. The Hall–Kier alpha value is -4.31. The van der Waals surface area contributed by atoms with Gasteiger partial charge in [0.2, 0.25) is 5.91 Å². The summed E-state index contributed by atoms with van der Waals surface area (Å²) in [4.78, 5) is 35.6. The van der Waals surface area contributed by atoms with Crippen LogP contribution < -0.4 is 21.3 Å². The SMILES string of the molecule is Cc1ccsc1CNCCC[C@H](NC(=O)c1ccc(CNCc2ncc[nH]2)cc1)C(=O)NC(C)c1cccc2ccccc12. The molecule has 44 heavy (non-hydrogen) atoms. The first kappa shape index (κ1) is 31.1. The molecule has 0 saturated carbocycles. The van der Waals surface area contributed by atoms with Crippen LogP contribution in [0.3, 0.4) is 0 Å². The molecule has 5 aromatic rings. The van der Waals surface area contributed by atoms with Crippen LogP contribution in [0.2, 0.25) is 0 Å². The Labute approximate surface area is 262 Å². The molecule has 9 heteroatoms. The third-order valence-electron chi connectivity index (χ3n) is 7.76. The van der Waals surface area contributed by atoms with Gasteiger partial charge in [0, 0.05) is 35.9 Å². The van der Waals surface area contributed by atoms with Gasteiger partial charge < -0.3 is 26.3 Å². The van der Waals surface area contributed by atoms with Crippen molar-refractivity contribution >= 4 is 33.9 Å². The number of thiophene rings is 1. The average molecular weight is 609 g/mol. The van der Waals surface area contributed by atoms with Gasteiger partial charge in [0.1, 0.15) is 11.9 Å². The summed E-state index contributed by atoms with van der Waals surface area (Å²) >= 11 is 1.74. The monoisotopic (exact) mass is 608 g/mol. The molecule has 5 rings (SSSR count). The normalized spacial score (nSPS) is 12.6. The maximum atomic E-state index is 13.6. The maximum Gasteiger partial charge on any atom is 0.251 e. The number of imidazole rings is 1. The Morgan fingerprint density at radius 3 is 2.50 bits per heavy atom. The van der Waals surface area contributed by atoms with Gasteiger partial charge in [0.15, 0.2) is 0 Å². The Morgan fingerprint density at radius 2 is 1.73 bits per heavy atom. The van der Waals surface area contributed by atoms with Crippen LogP contribution in [-0.4, -0.2) is 34.4 Å². The minimum absolute atomic E-state index is 0.188. The summed E-state index contributed by atoms with van der Waals surface area (Å²) in [5.74, 6) is 0.420. The molecule has 2 atom stereocenters. The second-order valence-electron chi connectivity index (χ2n) is 11.0. The van der Waals surface area contributed by atoms with E-state index in [9.17, 15) is 9.59 Å². The summed E-state index contributed by atoms with van der Waals surface area (Å²) in [6, 6.07) is 23.0. The number of nitrogens with zero attached hydrogens (tertiary/aromatic N) is 1. The molecule has 0 radical (unpaired) electrons. The van der Waals surface area contributed by atoms with Crippen LogP contribution in [0.15, 0.2) is 90.6 Å². The quantitative estimate of drug-likeness (QED) is 0.0970. The Kier molecular flexibility index (Phi) is 10.9. The van der Waals surface area contributed by atoms with Crippen molar-refractivity contribution in [1.29, 1.82) is 0 Å². The number of hydrogen-bond acceptors (Lipinski definition) is 6. The van der Waals surface area contributed by atoms with Gasteiger partial charge in [-0.15, -0.1) is 11.3 Å². The number of aromatic nitrogens is 2. The zero-order chi connectivity index (χ0) is 30.7. The lowest BCUT2D eigenvalue weighted by molar-refractivity contribution is -0.123. The van der Waals surface area contributed by atoms with Crippen LogP contribution in [0.4, 0.5) is 0 Å². The van der Waals surface area contributed by atoms with Crippen LogP contribution >= 0.6 is 11.3 Å². The molecule has 0 fully saturated rings. The number of aromatic amines is 1. The Balaban J connectivity index is 1.20. The van der Waals surface area contributed by atoms with Gasteiger partial charge in [-0.05, 0) is 84.3 Å². The molecule has 0 aliphatic rings. The number of H-pyrrole nitrogens is 1. The molecule has 2 amide bonds. The fourth-order valence-electron chi connectivity index (χ4n) is 5.24. The van der Waals surface area contributed by atoms with Gasteiger partial charge in [-0.3, -0.25) is 9.59 Å². The van der Waals surface area contributed by atoms with E-state index in [-0.39, 0.29) is 17.9 Å². The molecule has 2 aromatic heterocycles. The highest BCUT2D eigenvalue weighted by molar-refractivity contribution is 7.10. The Bertz CT molecular complexity index is 1640. The summed E-state index contributed by atoms with van der Waals surface area (Å²) in [6.45, 7) is 6.93. The van der Waals surface area contributed by atoms with Gasteiger partial charge >= 0.3 is 0 Å². The summed E-state index contributed by atoms with van der Waals surface area (Å²) in [6.07, 6.45) is 4.78. The second kappa shape index (κ2) is 15.4. The topological polar surface area (TPSA) is 111 Å². The van der Waals surface area contributed by atoms with E-state index in [2.05, 4.69) is 67.8 Å². The predicted octanol–water partition coefficient (Wildman–Crippen LogP) is 5.77. The van der Waals surface area contributed by atoms with E-state index in [0.29, 0.717) is 25.1 Å². The van der Waals surface area contributed by atoms with Crippen molar-refractivity contribution in [3.63, 3.8) is 0 Å². The zero-order valence-electron chi connectivity index (χ0n) is 25.2. The van der Waals surface area contributed by atoms with Crippen molar-refractivity contribution in [2.24, 2.45) is 0 Å². The molecule has 0 spiro atoms. The maximum absolute atomic E-state index is 13.6. The van der Waals surface area contributed by atoms with E-state index in [1.54, 1.807) is 35.9 Å². The molecule has 2 heterocycles. The highest BCUT2D eigenvalue weighted by Gasteiger charge is 2.23. The number of benzene rings is 3. The highest BCUT2D eigenvalue weighted by Crippen LogP contribution is 2.24. The van der Waals surface area contributed by atoms with Crippen LogP contribution in [0, 0.1) is 6.92 Å². The van der Waals surface area contributed by atoms with Crippen molar-refractivity contribution in [2.75, 3.05) is 6.54 Å². The fourth-order valence-corrected chi connectivity index (χ4v) is 6.12. The van der Waals surface area contributed by atoms with E-state index >= 15 is 0 Å². The first-order valence-electron chi connectivity index (χ1n) is 15.1. The van der Waals surface area contributed by atoms with E-state index in [1.165, 1.54) is 10.4 Å². The van der Waals surface area contributed by atoms with Crippen LogP contribution in [0.1, 0.15) is 63.6 Å². The van der Waals surface area contributed by atoms with Gasteiger partial charge in [0.05, 0.1) is 12.6 Å². The lowest BCUT2D eigenvalue weighted by Crippen LogP contribution is -2.47. The van der Waals surface area contributed by atoms with Crippen molar-refractivity contribution in [2.45, 2.75) is 58.4 Å². The number of nitrogens with one attached hydrogen (secondary N) is 5. The summed E-state index contributed by atoms with van der Waals surface area (Å²) < 4.78 is 0. The predicted molar refractivity (Wildman–Crippen MR) is 177 cm³/mol. The molecule has 1 unspecified atom stereocenters. The van der Waals surface area contributed by atoms with Gasteiger partial charge in [-0.25, -0.2) is 4.98 Å². The lowest BCUT2D eigenvalue weighted by atomic mass is 9.99. The number of hydrogen-bond donors (Lipinski definition) is 5. The van der Waals surface area contributed by atoms with Crippen molar-refractivity contribution < 1.29 is 9.59 Å². The molecule has 3 aromatic carbocycles. The smallest absolute Gasteiger partial charge is 0.251 e. The first-order chi connectivity index (χ1) is 21.5. The van der Waals surface area contributed by atoms with E-state index in [4.69, 9.17) is 0 Å². The van der Waals surface area contributed by atoms with Crippen LogP contribution in [0.25, 0.3) is 10.8 Å². The number of rotatable bonds is 15. The van der Waals surface area contributed by atoms with Crippen molar-refractivity contribution in [3.8, 4) is 0 Å². The van der Waals surface area contributed by atoms with Crippen LogP contribution in [0.5, 0.6) is 0 Å². The van der Waals surface area contributed by atoms with Gasteiger partial charge in [0.25, 0.3) is 5.91 Å². The van der Waals surface area contributed by atoms with Gasteiger partial charge in [-0.2, -0.15) is 0 Å². The molecule has 5 N–H and O–H groups in total. The molecule has 0 aliphatic carbocycles. The van der Waals surface area contributed by atoms with Crippen molar-refractivity contribution in [1.82, 2.24) is 31.2 Å². The summed E-state index contributed by atoms with van der Waals surface area (Å²) in [7, 11) is 0. The number of aryl methyl sites for hydroxylation is 1. The third kappa shape index (κ3) is 8.41. The fraction of sp³-hybridized carbons (Fsp3) is 0.286. The number of fused-ring (bicyclic) bond motifs is 1. The van der Waals surface area contributed by atoms with Crippen LogP contribution in [-0.2, 0) is 24.4 Å². The van der Waals surface area contributed by atoms with E-state index < -0.39 is 6.04 Å². The number of carbonyl (C=O) groups excluding carboxylic acids is 2. The molecule has 0 bridgehead atoms. The molecule has 228 valence electrons. The average Bonchev–Trinajstić information content (AvgIpc) is 3.71. The summed E-state index contributed by atoms with van der Waals surface area (Å²) in [5.41, 5.74) is 3.91. The van der Waals surface area contributed by atoms with Crippen molar-refractivity contribution in [3.05, 3.63) is 124 Å². The van der Waals surface area contributed by atoms with E-state index in [1.807, 2.05) is 43.3 Å². The lowest BCUT2D eigenvalue weighted by Gasteiger charge is -2.23. The molecular weight excluding hydrogens is 568 g/mol. The summed E-state index contributed by atoms with van der Waals surface area (Å²) in [5, 5.41) is 17.3. The zero-order valence-corrected chi connectivity index (χ0v) is 26.0. The Morgan fingerprint density at radius 1 is 0.909 bits per heavy atom. The first-order valence-corrected chi connectivity index (χ1v) is 16.0.